The summed E-state index contributed by atoms with van der Waals surface area (Å²) in [7, 11) is 0. The zero-order chi connectivity index (χ0) is 18.8. The Labute approximate surface area is 151 Å². The summed E-state index contributed by atoms with van der Waals surface area (Å²) < 4.78 is 41.4. The molecule has 0 atom stereocenters. The molecule has 138 valence electrons. The van der Waals surface area contributed by atoms with Crippen LogP contribution in [-0.4, -0.2) is 25.5 Å². The molecule has 0 saturated heterocycles. The fraction of sp³-hybridized carbons (Fsp3) is 0.533. The summed E-state index contributed by atoms with van der Waals surface area (Å²) in [5.74, 6) is -0.261. The van der Waals surface area contributed by atoms with E-state index >= 15 is 0 Å². The van der Waals surface area contributed by atoms with E-state index in [0.29, 0.717) is 12.2 Å². The monoisotopic (exact) mass is 421 g/mol. The van der Waals surface area contributed by atoms with E-state index in [9.17, 15) is 18.0 Å². The molecule has 0 bridgehead atoms. The van der Waals surface area contributed by atoms with Crippen molar-refractivity contribution in [3.63, 3.8) is 0 Å². The third-order valence-corrected chi connectivity index (χ3v) is 4.88. The van der Waals surface area contributed by atoms with Gasteiger partial charge in [0, 0.05) is 30.8 Å². The molecule has 2 heterocycles. The van der Waals surface area contributed by atoms with Crippen molar-refractivity contribution in [3.05, 3.63) is 33.3 Å². The largest absolute Gasteiger partial charge is 0.436 e. The van der Waals surface area contributed by atoms with Gasteiger partial charge in [0.15, 0.2) is 5.69 Å². The Morgan fingerprint density at radius 3 is 2.48 bits per heavy atom. The summed E-state index contributed by atoms with van der Waals surface area (Å²) >= 11 is 2.91. The van der Waals surface area contributed by atoms with Crippen molar-refractivity contribution in [2.45, 2.75) is 53.0 Å². The lowest BCUT2D eigenvalue weighted by Crippen LogP contribution is -2.24. The maximum absolute atomic E-state index is 12.8. The van der Waals surface area contributed by atoms with Crippen LogP contribution in [0.3, 0.4) is 0 Å². The number of alkyl halides is 3. The van der Waals surface area contributed by atoms with E-state index in [2.05, 4.69) is 31.4 Å². The molecule has 6 nitrogen and oxygen atoms in total. The molecular weight excluding hydrogens is 403 g/mol. The topological polar surface area (TPSA) is 64.7 Å². The minimum absolute atomic E-state index is 0.0349. The first-order chi connectivity index (χ1) is 11.6. The highest BCUT2D eigenvalue weighted by Crippen LogP contribution is 2.35. The van der Waals surface area contributed by atoms with Gasteiger partial charge in [-0.15, -0.1) is 0 Å². The number of nitrogens with zero attached hydrogens (tertiary/aromatic N) is 4. The van der Waals surface area contributed by atoms with Crippen LogP contribution < -0.4 is 5.32 Å². The predicted octanol–water partition coefficient (Wildman–Crippen LogP) is 3.20. The molecule has 0 unspecified atom stereocenters. The molecule has 0 aliphatic heterocycles. The van der Waals surface area contributed by atoms with Crippen molar-refractivity contribution in [1.82, 2.24) is 24.9 Å². The number of hydrogen-bond donors (Lipinski definition) is 1. The number of halogens is 4. The minimum atomic E-state index is -4.53. The second-order valence-corrected chi connectivity index (χ2v) is 6.36. The number of carbonyl (C=O) groups is 1. The number of rotatable bonds is 6. The molecule has 0 aromatic carbocycles. The Morgan fingerprint density at radius 1 is 1.28 bits per heavy atom. The summed E-state index contributed by atoms with van der Waals surface area (Å²) in [4.78, 5) is 12.0. The zero-order valence-corrected chi connectivity index (χ0v) is 15.7. The molecule has 2 aromatic heterocycles. The van der Waals surface area contributed by atoms with Crippen LogP contribution >= 0.6 is 15.9 Å². The van der Waals surface area contributed by atoms with Crippen LogP contribution in [0, 0.1) is 13.8 Å². The maximum atomic E-state index is 12.8. The third-order valence-electron chi connectivity index (χ3n) is 3.93. The summed E-state index contributed by atoms with van der Waals surface area (Å²) in [5.41, 5.74) is 1.24. The summed E-state index contributed by atoms with van der Waals surface area (Å²) in [6, 6.07) is 0. The van der Waals surface area contributed by atoms with E-state index in [0.717, 1.165) is 17.8 Å². The van der Waals surface area contributed by atoms with Gasteiger partial charge >= 0.3 is 6.18 Å². The Kier molecular flexibility index (Phi) is 5.91. The van der Waals surface area contributed by atoms with Gasteiger partial charge in [-0.25, -0.2) is 0 Å². The normalized spacial score (nSPS) is 11.8. The Morgan fingerprint density at radius 2 is 1.96 bits per heavy atom. The Hall–Kier alpha value is -1.84. The van der Waals surface area contributed by atoms with Gasteiger partial charge in [0.1, 0.15) is 0 Å². The first-order valence-corrected chi connectivity index (χ1v) is 8.52. The van der Waals surface area contributed by atoms with Crippen LogP contribution in [0.2, 0.25) is 0 Å². The Balaban J connectivity index is 1.93. The molecular formula is C15H19BrF3N5O. The molecule has 25 heavy (non-hydrogen) atoms. The number of carbonyl (C=O) groups excluding carboxylic acids is 1. The number of aromatic nitrogens is 4. The SMILES string of the molecule is CCn1ncc(CNC(=O)CCn2nc(C(F)(F)F)c(Br)c2C)c1C. The van der Waals surface area contributed by atoms with Gasteiger partial charge in [-0.05, 0) is 36.7 Å². The smallest absolute Gasteiger partial charge is 0.352 e. The summed E-state index contributed by atoms with van der Waals surface area (Å²) in [6.45, 7) is 6.56. The average molecular weight is 422 g/mol. The van der Waals surface area contributed by atoms with Crippen LogP contribution in [0.5, 0.6) is 0 Å². The fourth-order valence-electron chi connectivity index (χ4n) is 2.39. The van der Waals surface area contributed by atoms with Gasteiger partial charge in [-0.1, -0.05) is 0 Å². The molecule has 2 aromatic rings. The van der Waals surface area contributed by atoms with E-state index in [4.69, 9.17) is 0 Å². The van der Waals surface area contributed by atoms with Crippen LogP contribution in [0.4, 0.5) is 13.2 Å². The molecule has 0 fully saturated rings. The molecule has 10 heteroatoms. The van der Waals surface area contributed by atoms with E-state index in [1.54, 1.807) is 6.20 Å². The van der Waals surface area contributed by atoms with E-state index < -0.39 is 11.9 Å². The van der Waals surface area contributed by atoms with Gasteiger partial charge in [-0.2, -0.15) is 23.4 Å². The molecule has 1 amide bonds. The molecule has 0 aliphatic rings. The van der Waals surface area contributed by atoms with Crippen molar-refractivity contribution >= 4 is 21.8 Å². The lowest BCUT2D eigenvalue weighted by Gasteiger charge is -2.07. The van der Waals surface area contributed by atoms with E-state index in [1.807, 2.05) is 18.5 Å². The van der Waals surface area contributed by atoms with Crippen molar-refractivity contribution in [3.8, 4) is 0 Å². The minimum Gasteiger partial charge on any atom is -0.352 e. The van der Waals surface area contributed by atoms with Crippen LogP contribution in [0.1, 0.15) is 36.0 Å². The Bertz CT molecular complexity index is 766. The molecule has 0 aliphatic carbocycles. The molecule has 1 N–H and O–H groups in total. The fourth-order valence-corrected chi connectivity index (χ4v) is 2.90. The van der Waals surface area contributed by atoms with Gasteiger partial charge in [0.2, 0.25) is 5.91 Å². The summed E-state index contributed by atoms with van der Waals surface area (Å²) in [5, 5.41) is 10.5. The lowest BCUT2D eigenvalue weighted by atomic mass is 10.2. The predicted molar refractivity (Wildman–Crippen MR) is 88.8 cm³/mol. The van der Waals surface area contributed by atoms with Crippen molar-refractivity contribution < 1.29 is 18.0 Å². The lowest BCUT2D eigenvalue weighted by molar-refractivity contribution is -0.142. The van der Waals surface area contributed by atoms with Gasteiger partial charge in [0.25, 0.3) is 0 Å². The van der Waals surface area contributed by atoms with Crippen molar-refractivity contribution in [2.75, 3.05) is 0 Å². The quantitative estimate of drug-likeness (QED) is 0.778. The van der Waals surface area contributed by atoms with Crippen molar-refractivity contribution in [1.29, 1.82) is 0 Å². The number of amides is 1. The number of nitrogens with one attached hydrogen (secondary N) is 1. The third kappa shape index (κ3) is 4.42. The van der Waals surface area contributed by atoms with Crippen LogP contribution in [0.25, 0.3) is 0 Å². The molecule has 0 saturated carbocycles. The van der Waals surface area contributed by atoms with E-state index in [-0.39, 0.29) is 23.3 Å². The van der Waals surface area contributed by atoms with Crippen molar-refractivity contribution in [2.24, 2.45) is 0 Å². The standard InChI is InChI=1S/C15H19BrF3N5O/c1-4-23-9(2)11(8-21-23)7-20-12(25)5-6-24-10(3)13(16)14(22-24)15(17,18)19/h8H,4-7H2,1-3H3,(H,20,25). The summed E-state index contributed by atoms with van der Waals surface area (Å²) in [6.07, 6.45) is -2.80. The van der Waals surface area contributed by atoms with Gasteiger partial charge < -0.3 is 5.32 Å². The number of aryl methyl sites for hydroxylation is 2. The first kappa shape index (κ1) is 19.5. The highest BCUT2D eigenvalue weighted by Gasteiger charge is 2.37. The zero-order valence-electron chi connectivity index (χ0n) is 14.1. The maximum Gasteiger partial charge on any atom is 0.436 e. The number of hydrogen-bond acceptors (Lipinski definition) is 3. The first-order valence-electron chi connectivity index (χ1n) is 7.73. The molecule has 0 spiro atoms. The highest BCUT2D eigenvalue weighted by atomic mass is 79.9. The second-order valence-electron chi connectivity index (χ2n) is 5.57. The van der Waals surface area contributed by atoms with Crippen LogP contribution in [-0.2, 0) is 30.6 Å². The average Bonchev–Trinajstić information content (AvgIpc) is 3.04. The molecule has 0 radical (unpaired) electrons. The highest BCUT2D eigenvalue weighted by molar-refractivity contribution is 9.10. The second kappa shape index (κ2) is 7.59. The molecule has 2 rings (SSSR count). The van der Waals surface area contributed by atoms with Gasteiger partial charge in [-0.3, -0.25) is 14.2 Å². The van der Waals surface area contributed by atoms with Crippen LogP contribution in [0.15, 0.2) is 10.7 Å². The van der Waals surface area contributed by atoms with Gasteiger partial charge in [0.05, 0.1) is 22.9 Å². The van der Waals surface area contributed by atoms with E-state index in [1.165, 1.54) is 11.6 Å².